The highest BCUT2D eigenvalue weighted by atomic mass is 32.1. The standard InChI is InChI=1S/C28H26FN3OS/c29-24-13-15-25(16-14-24)30-28-32(19-5-18-31-17-4-8-27(31)33)26(20-34-28)23-11-9-22(10-12-23)21-6-2-1-3-7-21/h1-3,6-7,9-16,20H,4-5,8,17-19H2. The molecule has 34 heavy (non-hydrogen) atoms. The molecule has 1 aromatic heterocycles. The van der Waals surface area contributed by atoms with E-state index in [1.54, 1.807) is 23.5 Å². The maximum atomic E-state index is 13.4. The van der Waals surface area contributed by atoms with Crippen molar-refractivity contribution >= 4 is 22.9 Å². The van der Waals surface area contributed by atoms with Crippen LogP contribution in [0, 0.1) is 5.82 Å². The van der Waals surface area contributed by atoms with Crippen LogP contribution in [0.1, 0.15) is 19.3 Å². The highest BCUT2D eigenvalue weighted by Gasteiger charge is 2.19. The molecule has 0 unspecified atom stereocenters. The number of carbonyl (C=O) groups is 1. The fourth-order valence-electron chi connectivity index (χ4n) is 4.32. The van der Waals surface area contributed by atoms with Crippen LogP contribution in [0.15, 0.2) is 89.2 Å². The van der Waals surface area contributed by atoms with Crippen molar-refractivity contribution in [3.63, 3.8) is 0 Å². The molecular weight excluding hydrogens is 445 g/mol. The average Bonchev–Trinajstić information content (AvgIpc) is 3.47. The first-order valence-electron chi connectivity index (χ1n) is 11.6. The molecule has 1 fully saturated rings. The van der Waals surface area contributed by atoms with Gasteiger partial charge in [0.2, 0.25) is 5.91 Å². The number of amides is 1. The van der Waals surface area contributed by atoms with Crippen LogP contribution >= 0.6 is 11.3 Å². The minimum Gasteiger partial charge on any atom is -0.343 e. The van der Waals surface area contributed by atoms with Crippen molar-refractivity contribution in [2.45, 2.75) is 25.8 Å². The first-order chi connectivity index (χ1) is 16.7. The van der Waals surface area contributed by atoms with Crippen LogP contribution in [0.5, 0.6) is 0 Å². The lowest BCUT2D eigenvalue weighted by Crippen LogP contribution is -2.27. The predicted octanol–water partition coefficient (Wildman–Crippen LogP) is 6.27. The lowest BCUT2D eigenvalue weighted by atomic mass is 10.0. The number of nitrogens with zero attached hydrogens (tertiary/aromatic N) is 3. The number of likely N-dealkylation sites (tertiary alicyclic amines) is 1. The molecule has 4 aromatic rings. The molecule has 0 N–H and O–H groups in total. The average molecular weight is 472 g/mol. The molecule has 0 atom stereocenters. The summed E-state index contributed by atoms with van der Waals surface area (Å²) in [6.07, 6.45) is 2.47. The smallest absolute Gasteiger partial charge is 0.222 e. The molecule has 0 bridgehead atoms. The molecule has 1 aliphatic heterocycles. The van der Waals surface area contributed by atoms with E-state index in [1.165, 1.54) is 23.3 Å². The van der Waals surface area contributed by atoms with Gasteiger partial charge < -0.3 is 9.47 Å². The molecular formula is C28H26FN3OS. The van der Waals surface area contributed by atoms with Crippen LogP contribution in [0.4, 0.5) is 10.1 Å². The van der Waals surface area contributed by atoms with Crippen LogP contribution in [0.25, 0.3) is 22.4 Å². The van der Waals surface area contributed by atoms with E-state index in [0.717, 1.165) is 54.2 Å². The number of hydrogen-bond acceptors (Lipinski definition) is 3. The van der Waals surface area contributed by atoms with Gasteiger partial charge in [-0.1, -0.05) is 54.6 Å². The Morgan fingerprint density at radius 3 is 2.26 bits per heavy atom. The second-order valence-corrected chi connectivity index (χ2v) is 9.26. The second-order valence-electron chi connectivity index (χ2n) is 8.42. The van der Waals surface area contributed by atoms with Gasteiger partial charge in [-0.15, -0.1) is 11.3 Å². The third-order valence-electron chi connectivity index (χ3n) is 6.12. The third kappa shape index (κ3) is 5.02. The first-order valence-corrected chi connectivity index (χ1v) is 12.5. The Morgan fingerprint density at radius 2 is 1.56 bits per heavy atom. The van der Waals surface area contributed by atoms with Gasteiger partial charge in [-0.05, 0) is 53.8 Å². The molecule has 0 spiro atoms. The number of benzene rings is 3. The zero-order valence-electron chi connectivity index (χ0n) is 18.9. The molecule has 172 valence electrons. The fraction of sp³-hybridized carbons (Fsp3) is 0.214. The van der Waals surface area contributed by atoms with E-state index in [4.69, 9.17) is 4.99 Å². The minimum atomic E-state index is -0.271. The lowest BCUT2D eigenvalue weighted by molar-refractivity contribution is -0.127. The van der Waals surface area contributed by atoms with Gasteiger partial charge in [0, 0.05) is 31.4 Å². The summed E-state index contributed by atoms with van der Waals surface area (Å²) in [4.78, 5) is 19.6. The summed E-state index contributed by atoms with van der Waals surface area (Å²) in [5.74, 6) is -0.0178. The van der Waals surface area contributed by atoms with Crippen molar-refractivity contribution in [1.82, 2.24) is 9.47 Å². The maximum Gasteiger partial charge on any atom is 0.222 e. The van der Waals surface area contributed by atoms with Crippen molar-refractivity contribution in [1.29, 1.82) is 0 Å². The Morgan fingerprint density at radius 1 is 0.853 bits per heavy atom. The highest BCUT2D eigenvalue weighted by molar-refractivity contribution is 7.07. The van der Waals surface area contributed by atoms with Crippen molar-refractivity contribution < 1.29 is 9.18 Å². The van der Waals surface area contributed by atoms with Crippen LogP contribution in [-0.2, 0) is 11.3 Å². The molecule has 1 amide bonds. The Hall–Kier alpha value is -3.51. The van der Waals surface area contributed by atoms with Crippen molar-refractivity contribution in [2.24, 2.45) is 4.99 Å². The molecule has 0 aliphatic carbocycles. The van der Waals surface area contributed by atoms with Crippen molar-refractivity contribution in [2.75, 3.05) is 13.1 Å². The molecule has 0 radical (unpaired) electrons. The van der Waals surface area contributed by atoms with Gasteiger partial charge in [-0.3, -0.25) is 4.79 Å². The fourth-order valence-corrected chi connectivity index (χ4v) is 5.27. The summed E-state index contributed by atoms with van der Waals surface area (Å²) < 4.78 is 15.6. The molecule has 6 heteroatoms. The number of carbonyl (C=O) groups excluding carboxylic acids is 1. The first kappa shape index (κ1) is 22.3. The predicted molar refractivity (Wildman–Crippen MR) is 135 cm³/mol. The summed E-state index contributed by atoms with van der Waals surface area (Å²) in [6, 6.07) is 25.2. The summed E-state index contributed by atoms with van der Waals surface area (Å²) in [5, 5.41) is 2.13. The van der Waals surface area contributed by atoms with Crippen LogP contribution in [0.2, 0.25) is 0 Å². The van der Waals surface area contributed by atoms with Gasteiger partial charge in [0.1, 0.15) is 5.82 Å². The zero-order valence-corrected chi connectivity index (χ0v) is 19.7. The van der Waals surface area contributed by atoms with E-state index < -0.39 is 0 Å². The van der Waals surface area contributed by atoms with E-state index in [0.29, 0.717) is 6.42 Å². The summed E-state index contributed by atoms with van der Waals surface area (Å²) >= 11 is 1.58. The van der Waals surface area contributed by atoms with Gasteiger partial charge in [-0.2, -0.15) is 0 Å². The van der Waals surface area contributed by atoms with E-state index in [1.807, 2.05) is 23.1 Å². The van der Waals surface area contributed by atoms with E-state index >= 15 is 0 Å². The summed E-state index contributed by atoms with van der Waals surface area (Å²) in [5.41, 5.74) is 5.30. The minimum absolute atomic E-state index is 0.253. The van der Waals surface area contributed by atoms with E-state index in [2.05, 4.69) is 46.3 Å². The maximum absolute atomic E-state index is 13.4. The summed E-state index contributed by atoms with van der Waals surface area (Å²) in [6.45, 7) is 2.36. The van der Waals surface area contributed by atoms with Gasteiger partial charge in [0.15, 0.2) is 4.80 Å². The lowest BCUT2D eigenvalue weighted by Gasteiger charge is -2.16. The molecule has 5 rings (SSSR count). The SMILES string of the molecule is O=C1CCCN1CCCn1c(-c2ccc(-c3ccccc3)cc2)csc1=Nc1ccc(F)cc1. The molecule has 4 nitrogen and oxygen atoms in total. The molecule has 1 aliphatic rings. The third-order valence-corrected chi connectivity index (χ3v) is 6.98. The number of aromatic nitrogens is 1. The van der Waals surface area contributed by atoms with Crippen LogP contribution < -0.4 is 4.80 Å². The largest absolute Gasteiger partial charge is 0.343 e. The van der Waals surface area contributed by atoms with Crippen LogP contribution in [0.3, 0.4) is 0 Å². The van der Waals surface area contributed by atoms with Gasteiger partial charge in [0.25, 0.3) is 0 Å². The number of halogens is 1. The molecule has 0 saturated carbocycles. The molecule has 2 heterocycles. The van der Waals surface area contributed by atoms with E-state index in [-0.39, 0.29) is 11.7 Å². The normalized spacial score (nSPS) is 14.2. The molecule has 1 saturated heterocycles. The molecule has 3 aromatic carbocycles. The Kier molecular flexibility index (Phi) is 6.67. The monoisotopic (exact) mass is 471 g/mol. The number of thiazole rings is 1. The Labute approximate surface area is 202 Å². The van der Waals surface area contributed by atoms with Gasteiger partial charge >= 0.3 is 0 Å². The topological polar surface area (TPSA) is 37.6 Å². The highest BCUT2D eigenvalue weighted by Crippen LogP contribution is 2.26. The van der Waals surface area contributed by atoms with Crippen molar-refractivity contribution in [3.8, 4) is 22.4 Å². The van der Waals surface area contributed by atoms with Gasteiger partial charge in [0.05, 0.1) is 11.4 Å². The second kappa shape index (κ2) is 10.2. The van der Waals surface area contributed by atoms with Crippen LogP contribution in [-0.4, -0.2) is 28.5 Å². The number of rotatable bonds is 7. The van der Waals surface area contributed by atoms with E-state index in [9.17, 15) is 9.18 Å². The Balaban J connectivity index is 1.45. The zero-order chi connectivity index (χ0) is 23.3. The quantitative estimate of drug-likeness (QED) is 0.313. The summed E-state index contributed by atoms with van der Waals surface area (Å²) in [7, 11) is 0. The van der Waals surface area contributed by atoms with Gasteiger partial charge in [-0.25, -0.2) is 9.38 Å². The number of hydrogen-bond donors (Lipinski definition) is 0. The Bertz CT molecular complexity index is 1320. The van der Waals surface area contributed by atoms with Crippen molar-refractivity contribution in [3.05, 3.63) is 94.9 Å².